The molecule has 0 fully saturated rings. The lowest BCUT2D eigenvalue weighted by Crippen LogP contribution is -2.29. The van der Waals surface area contributed by atoms with Crippen molar-refractivity contribution in [2.45, 2.75) is 19.4 Å². The van der Waals surface area contributed by atoms with Crippen molar-refractivity contribution in [1.29, 1.82) is 0 Å². The Morgan fingerprint density at radius 2 is 2.18 bits per heavy atom. The fourth-order valence-electron chi connectivity index (χ4n) is 0.826. The predicted molar refractivity (Wildman–Crippen MR) is 38.7 cm³/mol. The van der Waals surface area contributed by atoms with Gasteiger partial charge in [-0.05, 0) is 6.42 Å². The number of hydrogen-bond acceptors (Lipinski definition) is 4. The highest BCUT2D eigenvalue weighted by Crippen LogP contribution is 2.06. The Morgan fingerprint density at radius 1 is 1.64 bits per heavy atom. The summed E-state index contributed by atoms with van der Waals surface area (Å²) in [6.45, 7) is 1.01. The fourth-order valence-corrected chi connectivity index (χ4v) is 0.826. The van der Waals surface area contributed by atoms with E-state index in [1.807, 2.05) is 0 Å². The van der Waals surface area contributed by atoms with Crippen LogP contribution in [0.25, 0.3) is 0 Å². The summed E-state index contributed by atoms with van der Waals surface area (Å²) in [5, 5.41) is 27.7. The van der Waals surface area contributed by atoms with Gasteiger partial charge in [-0.3, -0.25) is 10.1 Å². The van der Waals surface area contributed by atoms with Crippen molar-refractivity contribution in [3.8, 4) is 0 Å². The third kappa shape index (κ3) is 3.90. The summed E-state index contributed by atoms with van der Waals surface area (Å²) >= 11 is 0. The molecule has 0 saturated heterocycles. The second kappa shape index (κ2) is 5.03. The third-order valence-corrected chi connectivity index (χ3v) is 1.58. The molecule has 0 amide bonds. The summed E-state index contributed by atoms with van der Waals surface area (Å²) in [5.41, 5.74) is 0. The monoisotopic (exact) mass is 163 g/mol. The lowest BCUT2D eigenvalue weighted by Gasteiger charge is -2.14. The van der Waals surface area contributed by atoms with Gasteiger partial charge in [0.25, 0.3) is 0 Å². The molecule has 0 aromatic heterocycles. The molecule has 0 saturated carbocycles. The first-order valence-electron chi connectivity index (χ1n) is 3.52. The number of hydrogen-bond donors (Lipinski definition) is 2. The van der Waals surface area contributed by atoms with Crippen LogP contribution in [-0.2, 0) is 0 Å². The number of aliphatic hydroxyl groups excluding tert-OH is 2. The molecule has 5 heteroatoms. The van der Waals surface area contributed by atoms with Gasteiger partial charge in [-0.2, -0.15) is 0 Å². The molecular weight excluding hydrogens is 150 g/mol. The van der Waals surface area contributed by atoms with E-state index in [-0.39, 0.29) is 13.2 Å². The highest BCUT2D eigenvalue weighted by atomic mass is 16.6. The first-order valence-corrected chi connectivity index (χ1v) is 3.52. The molecule has 2 unspecified atom stereocenters. The van der Waals surface area contributed by atoms with E-state index in [4.69, 9.17) is 10.2 Å². The molecule has 2 atom stereocenters. The van der Waals surface area contributed by atoms with E-state index in [1.165, 1.54) is 0 Å². The van der Waals surface area contributed by atoms with E-state index in [2.05, 4.69) is 0 Å². The SMILES string of the molecule is CCC(O)C(CO)C[N+](=O)[O-]. The van der Waals surface area contributed by atoms with Crippen LogP contribution in [0.15, 0.2) is 0 Å². The molecule has 0 heterocycles. The zero-order valence-electron chi connectivity index (χ0n) is 6.43. The van der Waals surface area contributed by atoms with Crippen LogP contribution < -0.4 is 0 Å². The molecule has 2 N–H and O–H groups in total. The molecule has 0 rings (SSSR count). The average molecular weight is 163 g/mol. The second-order valence-corrected chi connectivity index (χ2v) is 2.43. The van der Waals surface area contributed by atoms with Gasteiger partial charge in [-0.15, -0.1) is 0 Å². The Hall–Kier alpha value is -0.680. The van der Waals surface area contributed by atoms with Gasteiger partial charge in [0, 0.05) is 4.92 Å². The first-order chi connectivity index (χ1) is 5.11. The molecule has 0 radical (unpaired) electrons. The summed E-state index contributed by atoms with van der Waals surface area (Å²) in [5.74, 6) is -0.630. The van der Waals surface area contributed by atoms with Crippen LogP contribution in [-0.4, -0.2) is 34.4 Å². The predicted octanol–water partition coefficient (Wildman–Crippen LogP) is -0.357. The van der Waals surface area contributed by atoms with Crippen molar-refractivity contribution in [1.82, 2.24) is 0 Å². The standard InChI is InChI=1S/C6H13NO4/c1-2-6(9)5(4-8)3-7(10)11/h5-6,8-9H,2-4H2,1H3. The minimum Gasteiger partial charge on any atom is -0.396 e. The molecule has 0 aromatic carbocycles. The normalized spacial score (nSPS) is 15.9. The molecule has 0 bridgehead atoms. The lowest BCUT2D eigenvalue weighted by atomic mass is 10.0. The van der Waals surface area contributed by atoms with Gasteiger partial charge in [0.1, 0.15) is 0 Å². The minimum atomic E-state index is -0.773. The van der Waals surface area contributed by atoms with Crippen LogP contribution in [0.2, 0.25) is 0 Å². The quantitative estimate of drug-likeness (QED) is 0.428. The average Bonchev–Trinajstić information content (AvgIpc) is 1.98. The first kappa shape index (κ1) is 10.3. The zero-order valence-corrected chi connectivity index (χ0v) is 6.43. The molecule has 0 aromatic rings. The highest BCUT2D eigenvalue weighted by Gasteiger charge is 2.21. The maximum atomic E-state index is 9.97. The Balaban J connectivity index is 3.84. The Bertz CT molecular complexity index is 128. The fraction of sp³-hybridized carbons (Fsp3) is 1.00. The Kier molecular flexibility index (Phi) is 4.72. The molecule has 0 aliphatic heterocycles. The largest absolute Gasteiger partial charge is 0.396 e. The van der Waals surface area contributed by atoms with E-state index < -0.39 is 16.9 Å². The maximum Gasteiger partial charge on any atom is 0.211 e. The van der Waals surface area contributed by atoms with Gasteiger partial charge in [0.15, 0.2) is 0 Å². The molecule has 0 aliphatic rings. The lowest BCUT2D eigenvalue weighted by molar-refractivity contribution is -0.491. The van der Waals surface area contributed by atoms with Gasteiger partial charge in [-0.25, -0.2) is 0 Å². The summed E-state index contributed by atoms with van der Waals surface area (Å²) in [4.78, 5) is 9.44. The van der Waals surface area contributed by atoms with Gasteiger partial charge >= 0.3 is 0 Å². The van der Waals surface area contributed by atoms with Crippen molar-refractivity contribution < 1.29 is 15.1 Å². The van der Waals surface area contributed by atoms with E-state index in [0.717, 1.165) is 0 Å². The van der Waals surface area contributed by atoms with Gasteiger partial charge in [0.2, 0.25) is 6.54 Å². The number of aliphatic hydroxyl groups is 2. The van der Waals surface area contributed by atoms with Gasteiger partial charge in [0.05, 0.1) is 18.6 Å². The van der Waals surface area contributed by atoms with Gasteiger partial charge < -0.3 is 10.2 Å². The molecule has 66 valence electrons. The van der Waals surface area contributed by atoms with Gasteiger partial charge in [-0.1, -0.05) is 6.92 Å². The van der Waals surface area contributed by atoms with Crippen LogP contribution in [0.4, 0.5) is 0 Å². The van der Waals surface area contributed by atoms with E-state index >= 15 is 0 Å². The highest BCUT2D eigenvalue weighted by molar-refractivity contribution is 4.64. The van der Waals surface area contributed by atoms with E-state index in [0.29, 0.717) is 6.42 Å². The summed E-state index contributed by atoms with van der Waals surface area (Å²) in [6, 6.07) is 0. The molecule has 11 heavy (non-hydrogen) atoms. The topological polar surface area (TPSA) is 83.6 Å². The van der Waals surface area contributed by atoms with Crippen LogP contribution in [0, 0.1) is 16.0 Å². The molecule has 5 nitrogen and oxygen atoms in total. The van der Waals surface area contributed by atoms with Crippen molar-refractivity contribution in [3.05, 3.63) is 10.1 Å². The number of nitro groups is 1. The van der Waals surface area contributed by atoms with Crippen LogP contribution in [0.5, 0.6) is 0 Å². The van der Waals surface area contributed by atoms with Crippen molar-refractivity contribution in [3.63, 3.8) is 0 Å². The van der Waals surface area contributed by atoms with Crippen molar-refractivity contribution in [2.75, 3.05) is 13.2 Å². The van der Waals surface area contributed by atoms with Crippen molar-refractivity contribution >= 4 is 0 Å². The van der Waals surface area contributed by atoms with E-state index in [1.54, 1.807) is 6.92 Å². The van der Waals surface area contributed by atoms with Crippen LogP contribution >= 0.6 is 0 Å². The second-order valence-electron chi connectivity index (χ2n) is 2.43. The Labute approximate surface area is 64.8 Å². The van der Waals surface area contributed by atoms with E-state index in [9.17, 15) is 10.1 Å². The molecule has 0 aliphatic carbocycles. The third-order valence-electron chi connectivity index (χ3n) is 1.58. The summed E-state index contributed by atoms with van der Waals surface area (Å²) in [7, 11) is 0. The number of nitrogens with zero attached hydrogens (tertiary/aromatic N) is 1. The minimum absolute atomic E-state index is 0.337. The van der Waals surface area contributed by atoms with Crippen LogP contribution in [0.1, 0.15) is 13.3 Å². The maximum absolute atomic E-state index is 9.97. The summed E-state index contributed by atoms with van der Waals surface area (Å²) in [6.07, 6.45) is -0.343. The Morgan fingerprint density at radius 3 is 2.45 bits per heavy atom. The van der Waals surface area contributed by atoms with Crippen molar-refractivity contribution in [2.24, 2.45) is 5.92 Å². The number of rotatable bonds is 5. The smallest absolute Gasteiger partial charge is 0.211 e. The molecular formula is C6H13NO4. The summed E-state index contributed by atoms with van der Waals surface area (Å²) < 4.78 is 0. The zero-order chi connectivity index (χ0) is 8.85. The molecule has 0 spiro atoms. The van der Waals surface area contributed by atoms with Crippen LogP contribution in [0.3, 0.4) is 0 Å².